The van der Waals surface area contributed by atoms with Crippen LogP contribution in [0.2, 0.25) is 0 Å². The van der Waals surface area contributed by atoms with Crippen molar-refractivity contribution in [2.24, 2.45) is 0 Å². The molecule has 0 spiro atoms. The molecule has 0 bridgehead atoms. The Kier molecular flexibility index (Phi) is 4.86. The van der Waals surface area contributed by atoms with Crippen LogP contribution in [0.4, 0.5) is 10.1 Å². The van der Waals surface area contributed by atoms with Crippen LogP contribution in [0.25, 0.3) is 10.9 Å². The molecule has 1 atom stereocenters. The molecule has 144 valence electrons. The first-order valence-electron chi connectivity index (χ1n) is 9.29. The Hall–Kier alpha value is -3.15. The van der Waals surface area contributed by atoms with Gasteiger partial charge in [0, 0.05) is 29.9 Å². The average molecular weight is 379 g/mol. The van der Waals surface area contributed by atoms with Gasteiger partial charge >= 0.3 is 0 Å². The predicted molar refractivity (Wildman–Crippen MR) is 107 cm³/mol. The zero-order valence-corrected chi connectivity index (χ0v) is 15.9. The second-order valence-corrected chi connectivity index (χ2v) is 7.04. The van der Waals surface area contributed by atoms with E-state index < -0.39 is 0 Å². The number of anilines is 1. The first kappa shape index (κ1) is 18.2. The Morgan fingerprint density at radius 1 is 1.25 bits per heavy atom. The maximum atomic E-state index is 13.1. The maximum Gasteiger partial charge on any atom is 0.245 e. The number of amides is 1. The van der Waals surface area contributed by atoms with Gasteiger partial charge in [0.2, 0.25) is 5.91 Å². The molecule has 1 amide bonds. The summed E-state index contributed by atoms with van der Waals surface area (Å²) in [7, 11) is 1.62. The van der Waals surface area contributed by atoms with E-state index in [4.69, 9.17) is 4.74 Å². The molecule has 1 saturated heterocycles. The third kappa shape index (κ3) is 3.50. The normalized spacial score (nSPS) is 16.6. The number of pyridine rings is 1. The summed E-state index contributed by atoms with van der Waals surface area (Å²) in [4.78, 5) is 19.3. The maximum absolute atomic E-state index is 13.1. The summed E-state index contributed by atoms with van der Waals surface area (Å²) in [6.07, 6.45) is 0.715. The molecule has 6 heteroatoms. The van der Waals surface area contributed by atoms with Crippen LogP contribution in [-0.2, 0) is 11.3 Å². The summed E-state index contributed by atoms with van der Waals surface area (Å²) in [5, 5.41) is 4.33. The van der Waals surface area contributed by atoms with Gasteiger partial charge in [-0.2, -0.15) is 0 Å². The number of hydrogen-bond acceptors (Lipinski definition) is 4. The Labute approximate surface area is 163 Å². The fourth-order valence-corrected chi connectivity index (χ4v) is 3.66. The number of aromatic nitrogens is 1. The highest BCUT2D eigenvalue weighted by Gasteiger charge is 2.31. The van der Waals surface area contributed by atoms with E-state index in [0.717, 1.165) is 27.8 Å². The predicted octanol–water partition coefficient (Wildman–Crippen LogP) is 3.90. The lowest BCUT2D eigenvalue weighted by Gasteiger charge is -2.19. The minimum absolute atomic E-state index is 0.0508. The molecule has 1 aliphatic heterocycles. The number of nitrogens with zero attached hydrogens (tertiary/aromatic N) is 2. The summed E-state index contributed by atoms with van der Waals surface area (Å²) in [6, 6.07) is 13.7. The molecule has 0 aliphatic carbocycles. The number of benzene rings is 2. The monoisotopic (exact) mass is 379 g/mol. The van der Waals surface area contributed by atoms with Gasteiger partial charge in [-0.3, -0.25) is 4.79 Å². The number of para-hydroxylation sites is 1. The number of carbonyl (C=O) groups is 1. The van der Waals surface area contributed by atoms with Gasteiger partial charge in [0.25, 0.3) is 0 Å². The number of halogens is 1. The van der Waals surface area contributed by atoms with Crippen LogP contribution in [0.1, 0.15) is 17.7 Å². The van der Waals surface area contributed by atoms with Crippen LogP contribution in [0.3, 0.4) is 0 Å². The number of rotatable bonds is 5. The Balaban J connectivity index is 1.55. The van der Waals surface area contributed by atoms with Crippen LogP contribution in [-0.4, -0.2) is 35.5 Å². The molecule has 0 radical (unpaired) electrons. The molecule has 1 aliphatic rings. The number of hydrogen-bond donors (Lipinski definition) is 1. The van der Waals surface area contributed by atoms with Gasteiger partial charge in [-0.1, -0.05) is 24.3 Å². The third-order valence-electron chi connectivity index (χ3n) is 5.06. The van der Waals surface area contributed by atoms with E-state index in [1.165, 1.54) is 12.1 Å². The van der Waals surface area contributed by atoms with Crippen molar-refractivity contribution in [3.8, 4) is 5.75 Å². The lowest BCUT2D eigenvalue weighted by Crippen LogP contribution is -2.33. The highest BCUT2D eigenvalue weighted by Crippen LogP contribution is 2.31. The minimum atomic E-state index is -0.295. The van der Waals surface area contributed by atoms with E-state index in [0.29, 0.717) is 25.3 Å². The van der Waals surface area contributed by atoms with Gasteiger partial charge in [-0.15, -0.1) is 0 Å². The number of ether oxygens (including phenoxy) is 1. The zero-order chi connectivity index (χ0) is 19.7. The van der Waals surface area contributed by atoms with Crippen molar-refractivity contribution < 1.29 is 13.9 Å². The second kappa shape index (κ2) is 7.46. The number of nitrogens with one attached hydrogen (secondary N) is 1. The largest absolute Gasteiger partial charge is 0.494 e. The third-order valence-corrected chi connectivity index (χ3v) is 5.06. The van der Waals surface area contributed by atoms with Crippen LogP contribution < -0.4 is 10.1 Å². The summed E-state index contributed by atoms with van der Waals surface area (Å²) in [5.74, 6) is 0.487. The van der Waals surface area contributed by atoms with Crippen molar-refractivity contribution in [1.29, 1.82) is 0 Å². The highest BCUT2D eigenvalue weighted by molar-refractivity contribution is 5.97. The van der Waals surface area contributed by atoms with Crippen molar-refractivity contribution in [3.05, 3.63) is 65.6 Å². The number of methoxy groups -OCH3 is 1. The SMILES string of the molecule is COc1cccc2c(NC3CCN(Cc4ccc(F)cc4)C3=O)cc(C)nc12. The molecular weight excluding hydrogens is 357 g/mol. The fraction of sp³-hybridized carbons (Fsp3) is 0.273. The van der Waals surface area contributed by atoms with Gasteiger partial charge in [-0.05, 0) is 43.2 Å². The van der Waals surface area contributed by atoms with Crippen molar-refractivity contribution >= 4 is 22.5 Å². The van der Waals surface area contributed by atoms with Gasteiger partial charge < -0.3 is 15.0 Å². The van der Waals surface area contributed by atoms with Crippen molar-refractivity contribution in [2.75, 3.05) is 19.0 Å². The van der Waals surface area contributed by atoms with Crippen molar-refractivity contribution in [1.82, 2.24) is 9.88 Å². The molecule has 2 aromatic carbocycles. The molecule has 3 aromatic rings. The van der Waals surface area contributed by atoms with Crippen molar-refractivity contribution in [3.63, 3.8) is 0 Å². The van der Waals surface area contributed by atoms with E-state index in [9.17, 15) is 9.18 Å². The first-order valence-corrected chi connectivity index (χ1v) is 9.29. The summed E-state index contributed by atoms with van der Waals surface area (Å²) < 4.78 is 18.5. The standard InChI is InChI=1S/C22H22FN3O2/c1-14-12-19(17-4-3-5-20(28-2)21(17)24-14)25-18-10-11-26(22(18)27)13-15-6-8-16(23)9-7-15/h3-9,12,18H,10-11,13H2,1-2H3,(H,24,25). The van der Waals surface area contributed by atoms with Gasteiger partial charge in [-0.25, -0.2) is 9.37 Å². The average Bonchev–Trinajstić information content (AvgIpc) is 3.02. The number of fused-ring (bicyclic) bond motifs is 1. The topological polar surface area (TPSA) is 54.5 Å². The molecule has 28 heavy (non-hydrogen) atoms. The molecule has 0 saturated carbocycles. The van der Waals surface area contributed by atoms with Crippen LogP contribution in [0.5, 0.6) is 5.75 Å². The van der Waals surface area contributed by atoms with Gasteiger partial charge in [0.15, 0.2) is 0 Å². The molecule has 1 N–H and O–H groups in total. The quantitative estimate of drug-likeness (QED) is 0.730. The molecule has 1 unspecified atom stereocenters. The number of aryl methyl sites for hydroxylation is 1. The second-order valence-electron chi connectivity index (χ2n) is 7.04. The molecule has 2 heterocycles. The van der Waals surface area contributed by atoms with E-state index in [-0.39, 0.29) is 17.8 Å². The lowest BCUT2D eigenvalue weighted by atomic mass is 10.1. The molecule has 4 rings (SSSR count). The van der Waals surface area contributed by atoms with Gasteiger partial charge in [0.05, 0.1) is 7.11 Å². The summed E-state index contributed by atoms with van der Waals surface area (Å²) in [5.41, 5.74) is 3.43. The Bertz CT molecular complexity index is 1020. The Morgan fingerprint density at radius 3 is 2.79 bits per heavy atom. The van der Waals surface area contributed by atoms with Crippen LogP contribution in [0, 0.1) is 12.7 Å². The first-order chi connectivity index (χ1) is 13.5. The van der Waals surface area contributed by atoms with E-state index in [2.05, 4.69) is 10.3 Å². The number of likely N-dealkylation sites (tertiary alicyclic amines) is 1. The smallest absolute Gasteiger partial charge is 0.245 e. The number of carbonyl (C=O) groups excluding carboxylic acids is 1. The minimum Gasteiger partial charge on any atom is -0.494 e. The van der Waals surface area contributed by atoms with Crippen LogP contribution >= 0.6 is 0 Å². The highest BCUT2D eigenvalue weighted by atomic mass is 19.1. The summed E-state index contributed by atoms with van der Waals surface area (Å²) >= 11 is 0. The van der Waals surface area contributed by atoms with Crippen molar-refractivity contribution in [2.45, 2.75) is 25.9 Å². The molecule has 5 nitrogen and oxygen atoms in total. The summed E-state index contributed by atoms with van der Waals surface area (Å²) in [6.45, 7) is 3.08. The van der Waals surface area contributed by atoms with E-state index in [1.54, 1.807) is 19.2 Å². The lowest BCUT2D eigenvalue weighted by molar-refractivity contribution is -0.128. The Morgan fingerprint density at radius 2 is 2.04 bits per heavy atom. The molecule has 1 fully saturated rings. The van der Waals surface area contributed by atoms with Crippen LogP contribution in [0.15, 0.2) is 48.5 Å². The van der Waals surface area contributed by atoms with Gasteiger partial charge in [0.1, 0.15) is 23.1 Å². The fourth-order valence-electron chi connectivity index (χ4n) is 3.66. The van der Waals surface area contributed by atoms with E-state index in [1.807, 2.05) is 36.1 Å². The zero-order valence-electron chi connectivity index (χ0n) is 15.9. The molecular formula is C22H22FN3O2. The molecule has 1 aromatic heterocycles. The van der Waals surface area contributed by atoms with E-state index >= 15 is 0 Å².